The van der Waals surface area contributed by atoms with Crippen LogP contribution in [-0.4, -0.2) is 20.4 Å². The number of hydrogen-bond acceptors (Lipinski definition) is 4. The van der Waals surface area contributed by atoms with Crippen molar-refractivity contribution in [1.82, 2.24) is 19.9 Å². The van der Waals surface area contributed by atoms with Gasteiger partial charge in [0.05, 0.1) is 12.1 Å². The van der Waals surface area contributed by atoms with E-state index in [2.05, 4.69) is 15.3 Å². The zero-order valence-corrected chi connectivity index (χ0v) is 9.42. The van der Waals surface area contributed by atoms with Crippen LogP contribution in [0.15, 0.2) is 30.9 Å². The first kappa shape index (κ1) is 11.1. The van der Waals surface area contributed by atoms with Gasteiger partial charge < -0.3 is 15.6 Å². The van der Waals surface area contributed by atoms with Gasteiger partial charge in [-0.05, 0) is 6.07 Å². The van der Waals surface area contributed by atoms with Gasteiger partial charge in [0.2, 0.25) is 0 Å². The fraction of sp³-hybridized carbons (Fsp3) is 0.182. The number of aromatic nitrogens is 3. The van der Waals surface area contributed by atoms with Crippen molar-refractivity contribution in [3.05, 3.63) is 42.2 Å². The van der Waals surface area contributed by atoms with E-state index in [1.54, 1.807) is 18.5 Å². The molecule has 0 radical (unpaired) electrons. The molecule has 6 heteroatoms. The second-order valence-electron chi connectivity index (χ2n) is 3.60. The van der Waals surface area contributed by atoms with Crippen molar-refractivity contribution in [2.24, 2.45) is 7.05 Å². The van der Waals surface area contributed by atoms with Crippen molar-refractivity contribution < 1.29 is 4.79 Å². The summed E-state index contributed by atoms with van der Waals surface area (Å²) < 4.78 is 1.84. The minimum Gasteiger partial charge on any atom is -0.398 e. The monoisotopic (exact) mass is 231 g/mol. The SMILES string of the molecule is Cn1ccnc1CNC(=O)c1cnccc1N. The lowest BCUT2D eigenvalue weighted by Crippen LogP contribution is -2.25. The van der Waals surface area contributed by atoms with Crippen molar-refractivity contribution in [3.8, 4) is 0 Å². The quantitative estimate of drug-likeness (QED) is 0.797. The van der Waals surface area contributed by atoms with Crippen LogP contribution in [0.3, 0.4) is 0 Å². The highest BCUT2D eigenvalue weighted by Gasteiger charge is 2.09. The molecule has 2 rings (SSSR count). The van der Waals surface area contributed by atoms with E-state index in [4.69, 9.17) is 5.73 Å². The Morgan fingerprint density at radius 3 is 3.00 bits per heavy atom. The molecule has 0 atom stereocenters. The lowest BCUT2D eigenvalue weighted by atomic mass is 10.2. The number of imidazole rings is 1. The zero-order chi connectivity index (χ0) is 12.3. The molecular weight excluding hydrogens is 218 g/mol. The summed E-state index contributed by atoms with van der Waals surface area (Å²) in [5.41, 5.74) is 6.47. The molecule has 2 heterocycles. The number of nitrogens with two attached hydrogens (primary N) is 1. The van der Waals surface area contributed by atoms with Crippen LogP contribution in [0.25, 0.3) is 0 Å². The molecule has 17 heavy (non-hydrogen) atoms. The average molecular weight is 231 g/mol. The molecule has 0 fully saturated rings. The molecule has 0 unspecified atom stereocenters. The summed E-state index contributed by atoms with van der Waals surface area (Å²) in [7, 11) is 1.87. The molecular formula is C11H13N5O. The Hall–Kier alpha value is -2.37. The third-order valence-electron chi connectivity index (χ3n) is 2.43. The van der Waals surface area contributed by atoms with E-state index < -0.39 is 0 Å². The van der Waals surface area contributed by atoms with Crippen LogP contribution < -0.4 is 11.1 Å². The highest BCUT2D eigenvalue weighted by Crippen LogP contribution is 2.08. The molecule has 0 aliphatic rings. The van der Waals surface area contributed by atoms with Gasteiger partial charge in [-0.1, -0.05) is 0 Å². The van der Waals surface area contributed by atoms with E-state index in [-0.39, 0.29) is 5.91 Å². The van der Waals surface area contributed by atoms with Gasteiger partial charge in [0.25, 0.3) is 5.91 Å². The van der Waals surface area contributed by atoms with Crippen LogP contribution in [-0.2, 0) is 13.6 Å². The molecule has 0 saturated heterocycles. The lowest BCUT2D eigenvalue weighted by Gasteiger charge is -2.06. The first-order valence-corrected chi connectivity index (χ1v) is 5.12. The molecule has 2 aromatic rings. The van der Waals surface area contributed by atoms with E-state index in [9.17, 15) is 4.79 Å². The van der Waals surface area contributed by atoms with Crippen molar-refractivity contribution in [2.45, 2.75) is 6.54 Å². The van der Waals surface area contributed by atoms with Crippen molar-refractivity contribution in [2.75, 3.05) is 5.73 Å². The molecule has 0 saturated carbocycles. The average Bonchev–Trinajstić information content (AvgIpc) is 2.72. The first-order valence-electron chi connectivity index (χ1n) is 5.12. The second kappa shape index (κ2) is 4.65. The molecule has 0 aliphatic carbocycles. The van der Waals surface area contributed by atoms with Gasteiger partial charge >= 0.3 is 0 Å². The Morgan fingerprint density at radius 2 is 2.35 bits per heavy atom. The van der Waals surface area contributed by atoms with E-state index in [1.165, 1.54) is 6.20 Å². The predicted molar refractivity (Wildman–Crippen MR) is 63.0 cm³/mol. The Bertz CT molecular complexity index is 534. The lowest BCUT2D eigenvalue weighted by molar-refractivity contribution is 0.0950. The third kappa shape index (κ3) is 2.41. The summed E-state index contributed by atoms with van der Waals surface area (Å²) in [5.74, 6) is 0.527. The van der Waals surface area contributed by atoms with Crippen LogP contribution in [0.1, 0.15) is 16.2 Å². The smallest absolute Gasteiger partial charge is 0.255 e. The van der Waals surface area contributed by atoms with Crippen LogP contribution in [0, 0.1) is 0 Å². The number of rotatable bonds is 3. The van der Waals surface area contributed by atoms with Gasteiger partial charge in [0.1, 0.15) is 5.82 Å². The standard InChI is InChI=1S/C11H13N5O/c1-16-5-4-14-10(16)7-15-11(17)8-6-13-3-2-9(8)12/h2-6H,7H2,1H3,(H2,12,13)(H,15,17). The zero-order valence-electron chi connectivity index (χ0n) is 9.42. The number of pyridine rings is 1. The molecule has 0 aliphatic heterocycles. The second-order valence-corrected chi connectivity index (χ2v) is 3.60. The maximum Gasteiger partial charge on any atom is 0.255 e. The topological polar surface area (TPSA) is 85.8 Å². The number of nitrogen functional groups attached to an aromatic ring is 1. The minimum absolute atomic E-state index is 0.251. The molecule has 88 valence electrons. The number of amides is 1. The van der Waals surface area contributed by atoms with Gasteiger partial charge in [-0.2, -0.15) is 0 Å². The van der Waals surface area contributed by atoms with Crippen molar-refractivity contribution >= 4 is 11.6 Å². The summed E-state index contributed by atoms with van der Waals surface area (Å²) in [6, 6.07) is 1.59. The number of carbonyl (C=O) groups is 1. The summed E-state index contributed by atoms with van der Waals surface area (Å²) >= 11 is 0. The Balaban J connectivity index is 2.04. The summed E-state index contributed by atoms with van der Waals surface area (Å²) in [4.78, 5) is 19.8. The molecule has 0 bridgehead atoms. The highest BCUT2D eigenvalue weighted by atomic mass is 16.1. The molecule has 0 aromatic carbocycles. The van der Waals surface area contributed by atoms with E-state index >= 15 is 0 Å². The fourth-order valence-corrected chi connectivity index (χ4v) is 1.42. The maximum absolute atomic E-state index is 11.8. The largest absolute Gasteiger partial charge is 0.398 e. The fourth-order valence-electron chi connectivity index (χ4n) is 1.42. The molecule has 0 spiro atoms. The molecule has 1 amide bonds. The summed E-state index contributed by atoms with van der Waals surface area (Å²) in [5, 5.41) is 2.74. The van der Waals surface area contributed by atoms with Gasteiger partial charge in [-0.25, -0.2) is 4.98 Å². The number of hydrogen-bond donors (Lipinski definition) is 2. The Morgan fingerprint density at radius 1 is 1.53 bits per heavy atom. The van der Waals surface area contributed by atoms with E-state index in [0.29, 0.717) is 17.8 Å². The van der Waals surface area contributed by atoms with Gasteiger partial charge in [0.15, 0.2) is 0 Å². The van der Waals surface area contributed by atoms with Gasteiger partial charge in [-0.3, -0.25) is 9.78 Å². The summed E-state index contributed by atoms with van der Waals surface area (Å²) in [6.07, 6.45) is 6.49. The Kier molecular flexibility index (Phi) is 3.04. The number of aryl methyl sites for hydroxylation is 1. The van der Waals surface area contributed by atoms with Gasteiger partial charge in [-0.15, -0.1) is 0 Å². The van der Waals surface area contributed by atoms with Crippen LogP contribution in [0.4, 0.5) is 5.69 Å². The van der Waals surface area contributed by atoms with Crippen LogP contribution in [0.5, 0.6) is 0 Å². The van der Waals surface area contributed by atoms with Crippen LogP contribution in [0.2, 0.25) is 0 Å². The number of nitrogens with zero attached hydrogens (tertiary/aromatic N) is 3. The predicted octanol–water partition coefficient (Wildman–Crippen LogP) is 0.327. The summed E-state index contributed by atoms with van der Waals surface area (Å²) in [6.45, 7) is 0.358. The van der Waals surface area contributed by atoms with Gasteiger partial charge in [0, 0.05) is 37.5 Å². The number of anilines is 1. The van der Waals surface area contributed by atoms with Crippen molar-refractivity contribution in [3.63, 3.8) is 0 Å². The molecule has 3 N–H and O–H groups in total. The third-order valence-corrected chi connectivity index (χ3v) is 2.43. The molecule has 2 aromatic heterocycles. The minimum atomic E-state index is -0.251. The highest BCUT2D eigenvalue weighted by molar-refractivity contribution is 5.98. The normalized spacial score (nSPS) is 10.2. The number of nitrogens with one attached hydrogen (secondary N) is 1. The van der Waals surface area contributed by atoms with Crippen LogP contribution >= 0.6 is 0 Å². The van der Waals surface area contributed by atoms with E-state index in [0.717, 1.165) is 5.82 Å². The number of carbonyl (C=O) groups excluding carboxylic acids is 1. The molecule has 6 nitrogen and oxygen atoms in total. The maximum atomic E-state index is 11.8. The van der Waals surface area contributed by atoms with E-state index in [1.807, 2.05) is 17.8 Å². The Labute approximate surface area is 98.5 Å². The van der Waals surface area contributed by atoms with Crippen molar-refractivity contribution in [1.29, 1.82) is 0 Å². The first-order chi connectivity index (χ1) is 8.18.